The van der Waals surface area contributed by atoms with Crippen LogP contribution in [0.15, 0.2) is 47.6 Å². The molecule has 2 aromatic carbocycles. The van der Waals surface area contributed by atoms with Crippen LogP contribution in [0.4, 0.5) is 5.13 Å². The van der Waals surface area contributed by atoms with Gasteiger partial charge in [0.05, 0.1) is 32.6 Å². The summed E-state index contributed by atoms with van der Waals surface area (Å²) in [5.41, 5.74) is 1.17. The maximum Gasteiger partial charge on any atom is 0.253 e. The lowest BCUT2D eigenvalue weighted by atomic mass is 10.2. The molecule has 2 heterocycles. The van der Waals surface area contributed by atoms with Crippen molar-refractivity contribution in [3.05, 3.63) is 63.9 Å². The molecule has 0 spiro atoms. The number of rotatable bonds is 8. The second-order valence-electron chi connectivity index (χ2n) is 7.23. The van der Waals surface area contributed by atoms with Gasteiger partial charge in [-0.1, -0.05) is 58.4 Å². The van der Waals surface area contributed by atoms with Gasteiger partial charge in [0.1, 0.15) is 0 Å². The summed E-state index contributed by atoms with van der Waals surface area (Å²) in [7, 11) is 0. The number of nitrogens with zero attached hydrogens (tertiary/aromatic N) is 4. The maximum absolute atomic E-state index is 12.7. The number of aromatic nitrogens is 4. The molecule has 2 aromatic heterocycles. The van der Waals surface area contributed by atoms with Gasteiger partial charge in [0.25, 0.3) is 5.91 Å². The number of carbonyl (C=O) groups excluding carboxylic acids is 2. The van der Waals surface area contributed by atoms with Crippen molar-refractivity contribution in [2.75, 3.05) is 11.1 Å². The minimum Gasteiger partial charge on any atom is -0.342 e. The minimum absolute atomic E-state index is 0.148. The van der Waals surface area contributed by atoms with Gasteiger partial charge in [-0.05, 0) is 44.2 Å². The second-order valence-corrected chi connectivity index (χ2v) is 10.0. The van der Waals surface area contributed by atoms with E-state index in [-0.39, 0.29) is 22.6 Å². The number of amides is 2. The van der Waals surface area contributed by atoms with E-state index in [9.17, 15) is 9.59 Å². The van der Waals surface area contributed by atoms with E-state index < -0.39 is 6.04 Å². The van der Waals surface area contributed by atoms with Crippen molar-refractivity contribution in [3.63, 3.8) is 0 Å². The summed E-state index contributed by atoms with van der Waals surface area (Å²) in [5, 5.41) is 16.0. The number of hydrogen-bond donors (Lipinski definition) is 2. The summed E-state index contributed by atoms with van der Waals surface area (Å²) >= 11 is 14.8. The monoisotopic (exact) mass is 534 g/mol. The molecule has 4 aromatic rings. The van der Waals surface area contributed by atoms with Gasteiger partial charge < -0.3 is 15.2 Å². The van der Waals surface area contributed by atoms with E-state index in [1.807, 2.05) is 42.7 Å². The van der Waals surface area contributed by atoms with Crippen molar-refractivity contribution in [2.24, 2.45) is 0 Å². The normalized spacial score (nSPS) is 12.0. The van der Waals surface area contributed by atoms with Gasteiger partial charge in [0, 0.05) is 11.6 Å². The van der Waals surface area contributed by atoms with Crippen LogP contribution in [-0.4, -0.2) is 37.3 Å². The zero-order chi connectivity index (χ0) is 24.2. The Hall–Kier alpha value is -2.66. The van der Waals surface area contributed by atoms with Crippen molar-refractivity contribution in [2.45, 2.75) is 31.6 Å². The average Bonchev–Trinajstić information content (AvgIpc) is 3.40. The molecule has 0 unspecified atom stereocenters. The third kappa shape index (κ3) is 5.52. The molecule has 34 heavy (non-hydrogen) atoms. The molecule has 1 atom stereocenters. The topological polar surface area (TPSA) is 102 Å². The van der Waals surface area contributed by atoms with Crippen molar-refractivity contribution >= 4 is 73.5 Å². The van der Waals surface area contributed by atoms with E-state index in [1.165, 1.54) is 29.2 Å². The second kappa shape index (κ2) is 10.7. The average molecular weight is 535 g/mol. The van der Waals surface area contributed by atoms with Crippen molar-refractivity contribution < 1.29 is 9.59 Å². The van der Waals surface area contributed by atoms with E-state index in [4.69, 9.17) is 23.2 Å². The third-order valence-corrected chi connectivity index (χ3v) is 7.31. The summed E-state index contributed by atoms with van der Waals surface area (Å²) in [4.78, 5) is 29.5. The molecule has 0 aliphatic rings. The molecule has 2 N–H and O–H groups in total. The molecule has 0 aliphatic carbocycles. The van der Waals surface area contributed by atoms with Crippen molar-refractivity contribution in [1.29, 1.82) is 0 Å². The smallest absolute Gasteiger partial charge is 0.253 e. The summed E-state index contributed by atoms with van der Waals surface area (Å²) < 4.78 is 2.88. The van der Waals surface area contributed by atoms with Crippen molar-refractivity contribution in [1.82, 2.24) is 25.1 Å². The van der Waals surface area contributed by atoms with E-state index in [0.717, 1.165) is 10.2 Å². The predicted molar refractivity (Wildman–Crippen MR) is 137 cm³/mol. The van der Waals surface area contributed by atoms with Gasteiger partial charge in [0.15, 0.2) is 16.1 Å². The minimum atomic E-state index is -0.433. The number of para-hydroxylation sites is 1. The standard InChI is InChI=1S/C22H20Cl2N6O2S2/c1-3-30-19(12(2)25-20(32)14-9-8-13(23)10-15(14)24)28-29-22(30)33-11-18(31)27-21-26-16-6-4-5-7-17(16)34-21/h4-10,12H,3,11H2,1-2H3,(H,25,32)(H,26,27,31)/t12-/m0/s1. The fourth-order valence-corrected chi connectivity index (χ4v) is 5.43. The third-order valence-electron chi connectivity index (χ3n) is 4.84. The summed E-state index contributed by atoms with van der Waals surface area (Å²) in [6, 6.07) is 12.0. The lowest BCUT2D eigenvalue weighted by molar-refractivity contribution is -0.113. The molecule has 0 bridgehead atoms. The molecule has 12 heteroatoms. The first kappa shape index (κ1) is 24.5. The predicted octanol–water partition coefficient (Wildman–Crippen LogP) is 5.44. The van der Waals surface area contributed by atoms with Crippen LogP contribution >= 0.6 is 46.3 Å². The summed E-state index contributed by atoms with van der Waals surface area (Å²) in [6.45, 7) is 4.33. The Morgan fingerprint density at radius 2 is 1.97 bits per heavy atom. The Kier molecular flexibility index (Phi) is 7.72. The number of anilines is 1. The molecule has 8 nitrogen and oxygen atoms in total. The molecule has 4 rings (SSSR count). The number of halogens is 2. The molecule has 176 valence electrons. The molecule has 0 aliphatic heterocycles. The number of carbonyl (C=O) groups is 2. The highest BCUT2D eigenvalue weighted by Crippen LogP contribution is 2.27. The zero-order valence-corrected chi connectivity index (χ0v) is 21.4. The molecule has 0 saturated heterocycles. The van der Waals surface area contributed by atoms with Crippen LogP contribution in [0.2, 0.25) is 10.0 Å². The Morgan fingerprint density at radius 3 is 2.71 bits per heavy atom. The molecular weight excluding hydrogens is 515 g/mol. The Bertz CT molecular complexity index is 1320. The Morgan fingerprint density at radius 1 is 1.18 bits per heavy atom. The van der Waals surface area contributed by atoms with E-state index >= 15 is 0 Å². The van der Waals surface area contributed by atoms with Gasteiger partial charge in [-0.2, -0.15) is 0 Å². The fraction of sp³-hybridized carbons (Fsp3) is 0.227. The maximum atomic E-state index is 12.7. The Labute approximate surface area is 214 Å². The molecule has 0 saturated carbocycles. The van der Waals surface area contributed by atoms with Gasteiger partial charge in [-0.15, -0.1) is 10.2 Å². The molecule has 2 amide bonds. The first-order valence-electron chi connectivity index (χ1n) is 10.3. The van der Waals surface area contributed by atoms with Crippen LogP contribution in [0.3, 0.4) is 0 Å². The van der Waals surface area contributed by atoms with Crippen LogP contribution in [0.1, 0.15) is 36.1 Å². The summed E-state index contributed by atoms with van der Waals surface area (Å²) in [5.74, 6) is 0.198. The number of thiazole rings is 1. The Balaban J connectivity index is 1.39. The van der Waals surface area contributed by atoms with Gasteiger partial charge in [-0.25, -0.2) is 4.98 Å². The lowest BCUT2D eigenvalue weighted by Crippen LogP contribution is -2.29. The first-order valence-corrected chi connectivity index (χ1v) is 12.9. The van der Waals surface area contributed by atoms with Crippen molar-refractivity contribution in [3.8, 4) is 0 Å². The van der Waals surface area contributed by atoms with Crippen LogP contribution < -0.4 is 10.6 Å². The molecule has 0 fully saturated rings. The number of hydrogen-bond acceptors (Lipinski definition) is 7. The molecule has 0 radical (unpaired) electrons. The number of fused-ring (bicyclic) bond motifs is 1. The quantitative estimate of drug-likeness (QED) is 0.292. The lowest BCUT2D eigenvalue weighted by Gasteiger charge is -2.15. The highest BCUT2D eigenvalue weighted by Gasteiger charge is 2.21. The van der Waals surface area contributed by atoms with Gasteiger partial charge >= 0.3 is 0 Å². The van der Waals surface area contributed by atoms with E-state index in [0.29, 0.717) is 33.2 Å². The van der Waals surface area contributed by atoms with Crippen LogP contribution in [0, 0.1) is 0 Å². The number of nitrogens with one attached hydrogen (secondary N) is 2. The molecular formula is C22H20Cl2N6O2S2. The highest BCUT2D eigenvalue weighted by atomic mass is 35.5. The van der Waals surface area contributed by atoms with Crippen LogP contribution in [-0.2, 0) is 11.3 Å². The van der Waals surface area contributed by atoms with E-state index in [2.05, 4.69) is 25.8 Å². The SMILES string of the molecule is CCn1c(SCC(=O)Nc2nc3ccccc3s2)nnc1[C@H](C)NC(=O)c1ccc(Cl)cc1Cl. The highest BCUT2D eigenvalue weighted by molar-refractivity contribution is 7.99. The van der Waals surface area contributed by atoms with Gasteiger partial charge in [-0.3, -0.25) is 9.59 Å². The zero-order valence-electron chi connectivity index (χ0n) is 18.2. The largest absolute Gasteiger partial charge is 0.342 e. The van der Waals surface area contributed by atoms with E-state index in [1.54, 1.807) is 12.1 Å². The first-order chi connectivity index (χ1) is 16.4. The van der Waals surface area contributed by atoms with Crippen LogP contribution in [0.25, 0.3) is 10.2 Å². The fourth-order valence-electron chi connectivity index (χ4n) is 3.25. The summed E-state index contributed by atoms with van der Waals surface area (Å²) in [6.07, 6.45) is 0. The van der Waals surface area contributed by atoms with Gasteiger partial charge in [0.2, 0.25) is 5.91 Å². The number of benzene rings is 2. The number of thioether (sulfide) groups is 1. The van der Waals surface area contributed by atoms with Crippen LogP contribution in [0.5, 0.6) is 0 Å².